The van der Waals surface area contributed by atoms with Gasteiger partial charge in [-0.05, 0) is 0 Å². The molecule has 12 heavy (non-hydrogen) atoms. The van der Waals surface area contributed by atoms with Crippen molar-refractivity contribution >= 4 is 19.8 Å². The zero-order valence-corrected chi connectivity index (χ0v) is 6.45. The van der Waals surface area contributed by atoms with Crippen molar-refractivity contribution in [1.82, 2.24) is 10.6 Å². The lowest BCUT2D eigenvalue weighted by Gasteiger charge is -2.08. The second-order valence-electron chi connectivity index (χ2n) is 1.94. The molecule has 1 aliphatic heterocycles. The zero-order chi connectivity index (χ0) is 9.35. The molecule has 1 atom stereocenters. The van der Waals surface area contributed by atoms with Crippen LogP contribution in [0.4, 0.5) is 4.79 Å². The van der Waals surface area contributed by atoms with E-state index in [9.17, 15) is 14.2 Å². The van der Waals surface area contributed by atoms with E-state index in [2.05, 4.69) is 4.52 Å². The zero-order valence-electron chi connectivity index (χ0n) is 5.55. The van der Waals surface area contributed by atoms with Crippen LogP contribution in [0.25, 0.3) is 0 Å². The van der Waals surface area contributed by atoms with Crippen molar-refractivity contribution in [1.29, 1.82) is 0 Å². The maximum absolute atomic E-state index is 10.6. The molecule has 8 nitrogen and oxygen atoms in total. The van der Waals surface area contributed by atoms with E-state index < -0.39 is 26.0 Å². The van der Waals surface area contributed by atoms with Gasteiger partial charge < -0.3 is 15.1 Å². The highest BCUT2D eigenvalue weighted by Gasteiger charge is 2.35. The number of amides is 3. The third kappa shape index (κ3) is 2.28. The topological polar surface area (TPSA) is 125 Å². The first kappa shape index (κ1) is 9.14. The van der Waals surface area contributed by atoms with Gasteiger partial charge in [-0.25, -0.2) is 9.36 Å². The molecule has 1 heterocycles. The van der Waals surface area contributed by atoms with Crippen molar-refractivity contribution in [2.75, 3.05) is 0 Å². The summed E-state index contributed by atoms with van der Waals surface area (Å²) < 4.78 is 14.1. The molecule has 0 aromatic heterocycles. The van der Waals surface area contributed by atoms with Gasteiger partial charge in [-0.1, -0.05) is 0 Å². The highest BCUT2D eigenvalue weighted by molar-refractivity contribution is 7.46. The fraction of sp³-hybridized carbons (Fsp3) is 0.333. The maximum Gasteiger partial charge on any atom is 0.471 e. The van der Waals surface area contributed by atoms with Crippen molar-refractivity contribution in [2.45, 2.75) is 6.23 Å². The first-order valence-corrected chi connectivity index (χ1v) is 4.27. The fourth-order valence-electron chi connectivity index (χ4n) is 0.610. The number of carbonyl (C=O) groups excluding carboxylic acids is 2. The van der Waals surface area contributed by atoms with Gasteiger partial charge in [0.1, 0.15) is 0 Å². The van der Waals surface area contributed by atoms with Crippen LogP contribution in [0, 0.1) is 0 Å². The number of hydrogen-bond acceptors (Lipinski definition) is 4. The van der Waals surface area contributed by atoms with Crippen molar-refractivity contribution < 1.29 is 28.5 Å². The monoisotopic (exact) mass is 196 g/mol. The Balaban J connectivity index is 2.61. The summed E-state index contributed by atoms with van der Waals surface area (Å²) in [6.07, 6.45) is -1.61. The third-order valence-corrected chi connectivity index (χ3v) is 1.47. The lowest BCUT2D eigenvalue weighted by atomic mass is 10.6. The van der Waals surface area contributed by atoms with E-state index in [0.29, 0.717) is 0 Å². The Morgan fingerprint density at radius 2 is 2.00 bits per heavy atom. The minimum absolute atomic E-state index is 0.849. The van der Waals surface area contributed by atoms with E-state index >= 15 is 0 Å². The van der Waals surface area contributed by atoms with Crippen LogP contribution in [0.1, 0.15) is 0 Å². The first-order valence-electron chi connectivity index (χ1n) is 2.74. The Morgan fingerprint density at radius 3 is 2.33 bits per heavy atom. The molecule has 0 radical (unpaired) electrons. The summed E-state index contributed by atoms with van der Waals surface area (Å²) in [6, 6.07) is -0.849. The van der Waals surface area contributed by atoms with Crippen molar-refractivity contribution in [2.24, 2.45) is 0 Å². The van der Waals surface area contributed by atoms with Gasteiger partial charge in [-0.15, -0.1) is 0 Å². The summed E-state index contributed by atoms with van der Waals surface area (Å²) in [6.45, 7) is 0. The summed E-state index contributed by atoms with van der Waals surface area (Å²) in [5, 5.41) is 3.58. The Hall–Kier alpha value is -0.950. The Labute approximate surface area is 66.1 Å². The molecule has 0 aromatic carbocycles. The molecule has 1 saturated heterocycles. The highest BCUT2D eigenvalue weighted by Crippen LogP contribution is 2.37. The molecule has 1 aliphatic rings. The number of nitrogens with one attached hydrogen (secondary N) is 2. The molecular weight excluding hydrogens is 191 g/mol. The number of phosphoric acid groups is 1. The van der Waals surface area contributed by atoms with Gasteiger partial charge >= 0.3 is 13.9 Å². The number of carbonyl (C=O) groups is 2. The van der Waals surface area contributed by atoms with Gasteiger partial charge in [-0.2, -0.15) is 0 Å². The van der Waals surface area contributed by atoms with Crippen molar-refractivity contribution in [3.8, 4) is 0 Å². The van der Waals surface area contributed by atoms with E-state index in [0.717, 1.165) is 0 Å². The van der Waals surface area contributed by atoms with Crippen LogP contribution < -0.4 is 10.6 Å². The number of phosphoric ester groups is 1. The largest absolute Gasteiger partial charge is 0.471 e. The number of urea groups is 1. The molecule has 0 saturated carbocycles. The lowest BCUT2D eigenvalue weighted by molar-refractivity contribution is -0.126. The number of rotatable bonds is 2. The van der Waals surface area contributed by atoms with Crippen LogP contribution in [0.15, 0.2) is 0 Å². The molecule has 0 bridgehead atoms. The average Bonchev–Trinajstić information content (AvgIpc) is 2.06. The Bertz CT molecular complexity index is 270. The minimum atomic E-state index is -4.75. The van der Waals surface area contributed by atoms with E-state index in [1.807, 2.05) is 5.32 Å². The summed E-state index contributed by atoms with van der Waals surface area (Å²) in [7, 11) is -4.75. The Morgan fingerprint density at radius 1 is 1.42 bits per heavy atom. The van der Waals surface area contributed by atoms with Crippen LogP contribution in [0.5, 0.6) is 0 Å². The van der Waals surface area contributed by atoms with Crippen LogP contribution >= 0.6 is 7.82 Å². The summed E-state index contributed by atoms with van der Waals surface area (Å²) in [5.74, 6) is -0.927. The quantitative estimate of drug-likeness (QED) is 0.307. The number of imide groups is 1. The van der Waals surface area contributed by atoms with Crippen LogP contribution in [-0.4, -0.2) is 28.0 Å². The molecule has 4 N–H and O–H groups in total. The van der Waals surface area contributed by atoms with E-state index in [1.54, 1.807) is 5.32 Å². The second-order valence-corrected chi connectivity index (χ2v) is 3.13. The third-order valence-electron chi connectivity index (χ3n) is 0.980. The second kappa shape index (κ2) is 2.83. The summed E-state index contributed by atoms with van der Waals surface area (Å²) in [5.41, 5.74) is 0. The first-order chi connectivity index (χ1) is 5.38. The molecule has 68 valence electrons. The van der Waals surface area contributed by atoms with Crippen LogP contribution in [-0.2, 0) is 13.9 Å². The average molecular weight is 196 g/mol. The SMILES string of the molecule is O=C1NC(=O)C(OP(=O)(O)O)N1. The van der Waals surface area contributed by atoms with Gasteiger partial charge in [0, 0.05) is 0 Å². The lowest BCUT2D eigenvalue weighted by Crippen LogP contribution is -2.30. The summed E-state index contributed by atoms with van der Waals surface area (Å²) >= 11 is 0. The van der Waals surface area contributed by atoms with Gasteiger partial charge in [-0.3, -0.25) is 14.6 Å². The molecule has 0 spiro atoms. The molecule has 0 aromatic rings. The molecule has 0 aliphatic carbocycles. The van der Waals surface area contributed by atoms with Gasteiger partial charge in [0.05, 0.1) is 0 Å². The molecule has 1 rings (SSSR count). The maximum atomic E-state index is 10.6. The Kier molecular flexibility index (Phi) is 2.16. The molecule has 9 heteroatoms. The van der Waals surface area contributed by atoms with Gasteiger partial charge in [0.25, 0.3) is 5.91 Å². The highest BCUT2D eigenvalue weighted by atomic mass is 31.2. The van der Waals surface area contributed by atoms with E-state index in [1.165, 1.54) is 0 Å². The normalized spacial score (nSPS) is 23.7. The molecule has 3 amide bonds. The smallest absolute Gasteiger partial charge is 0.304 e. The fourth-order valence-corrected chi connectivity index (χ4v) is 1.03. The van der Waals surface area contributed by atoms with E-state index in [-0.39, 0.29) is 0 Å². The summed E-state index contributed by atoms with van der Waals surface area (Å²) in [4.78, 5) is 37.5. The van der Waals surface area contributed by atoms with Crippen molar-refractivity contribution in [3.05, 3.63) is 0 Å². The van der Waals surface area contributed by atoms with E-state index in [4.69, 9.17) is 9.79 Å². The van der Waals surface area contributed by atoms with Crippen LogP contribution in [0.3, 0.4) is 0 Å². The predicted molar refractivity (Wildman–Crippen MR) is 33.6 cm³/mol. The molecule has 1 unspecified atom stereocenters. The minimum Gasteiger partial charge on any atom is -0.304 e. The predicted octanol–water partition coefficient (Wildman–Crippen LogP) is -1.74. The number of hydrogen-bond donors (Lipinski definition) is 4. The molecular formula is C3H5N2O6P. The van der Waals surface area contributed by atoms with Gasteiger partial charge in [0.15, 0.2) is 0 Å². The molecule has 1 fully saturated rings. The van der Waals surface area contributed by atoms with Crippen LogP contribution in [0.2, 0.25) is 0 Å². The van der Waals surface area contributed by atoms with Gasteiger partial charge in [0.2, 0.25) is 6.23 Å². The standard InChI is InChI=1S/C3H5N2O6P/c6-1-2(5-3(7)4-1)11-12(8,9)10/h2H,(H2,8,9,10)(H2,4,5,6,7). The van der Waals surface area contributed by atoms with Crippen molar-refractivity contribution in [3.63, 3.8) is 0 Å².